The fourth-order valence-electron chi connectivity index (χ4n) is 2.89. The second-order valence-electron chi connectivity index (χ2n) is 6.16. The number of aromatic nitrogens is 2. The highest BCUT2D eigenvalue weighted by molar-refractivity contribution is 8.00. The standard InChI is InChI=1S/C16H18BClN2O3S/c17-11-6-13-10(5-12(11)18)16(23)20(8-19-13)7-9(21)4-15-14(22)2-1-3-24-15/h5-6,8,14-15,22H,1-4,7,17H2. The summed E-state index contributed by atoms with van der Waals surface area (Å²) in [7, 11) is 1.85. The van der Waals surface area contributed by atoms with Crippen LogP contribution in [0.1, 0.15) is 19.3 Å². The fourth-order valence-corrected chi connectivity index (χ4v) is 4.36. The minimum Gasteiger partial charge on any atom is -0.392 e. The van der Waals surface area contributed by atoms with Crippen LogP contribution in [0, 0.1) is 0 Å². The number of nitrogens with zero attached hydrogens (tertiary/aromatic N) is 2. The third kappa shape index (κ3) is 3.68. The zero-order valence-electron chi connectivity index (χ0n) is 13.4. The molecule has 5 nitrogen and oxygen atoms in total. The molecule has 24 heavy (non-hydrogen) atoms. The molecule has 1 aliphatic rings. The molecule has 2 aromatic rings. The summed E-state index contributed by atoms with van der Waals surface area (Å²) in [6.07, 6.45) is 2.94. The van der Waals surface area contributed by atoms with Crippen molar-refractivity contribution in [3.63, 3.8) is 0 Å². The summed E-state index contributed by atoms with van der Waals surface area (Å²) in [5.41, 5.74) is 1.16. The highest BCUT2D eigenvalue weighted by atomic mass is 35.5. The minimum absolute atomic E-state index is 0.0307. The van der Waals surface area contributed by atoms with Crippen molar-refractivity contribution < 1.29 is 9.90 Å². The van der Waals surface area contributed by atoms with Crippen molar-refractivity contribution in [2.75, 3.05) is 5.75 Å². The van der Waals surface area contributed by atoms with Gasteiger partial charge in [0.2, 0.25) is 0 Å². The van der Waals surface area contributed by atoms with Crippen LogP contribution in [0.15, 0.2) is 23.3 Å². The second kappa shape index (κ2) is 7.29. The van der Waals surface area contributed by atoms with Crippen LogP contribution < -0.4 is 11.0 Å². The number of halogens is 1. The molecule has 3 rings (SSSR count). The lowest BCUT2D eigenvalue weighted by Crippen LogP contribution is -2.32. The van der Waals surface area contributed by atoms with E-state index < -0.39 is 6.10 Å². The molecule has 2 unspecified atom stereocenters. The highest BCUT2D eigenvalue weighted by Crippen LogP contribution is 2.28. The molecule has 1 aromatic carbocycles. The third-order valence-electron chi connectivity index (χ3n) is 4.29. The first-order valence-corrected chi connectivity index (χ1v) is 9.35. The molecule has 1 N–H and O–H groups in total. The number of aliphatic hydroxyl groups is 1. The lowest BCUT2D eigenvalue weighted by molar-refractivity contribution is -0.120. The Morgan fingerprint density at radius 2 is 2.29 bits per heavy atom. The van der Waals surface area contributed by atoms with Crippen LogP contribution in [0.5, 0.6) is 0 Å². The molecule has 126 valence electrons. The van der Waals surface area contributed by atoms with E-state index in [1.165, 1.54) is 10.9 Å². The van der Waals surface area contributed by atoms with Gasteiger partial charge in [0.15, 0.2) is 5.78 Å². The van der Waals surface area contributed by atoms with Gasteiger partial charge in [-0.3, -0.25) is 14.2 Å². The maximum atomic E-state index is 12.5. The van der Waals surface area contributed by atoms with Crippen molar-refractivity contribution in [2.45, 2.75) is 37.2 Å². The number of benzene rings is 1. The van der Waals surface area contributed by atoms with E-state index in [9.17, 15) is 14.7 Å². The Kier molecular flexibility index (Phi) is 5.32. The van der Waals surface area contributed by atoms with Gasteiger partial charge in [-0.25, -0.2) is 4.98 Å². The lowest BCUT2D eigenvalue weighted by atomic mass is 9.95. The summed E-state index contributed by atoms with van der Waals surface area (Å²) in [4.78, 5) is 29.1. The van der Waals surface area contributed by atoms with Crippen LogP contribution in [-0.4, -0.2) is 45.4 Å². The van der Waals surface area contributed by atoms with Crippen molar-refractivity contribution in [3.05, 3.63) is 33.8 Å². The van der Waals surface area contributed by atoms with Crippen LogP contribution in [-0.2, 0) is 11.3 Å². The number of ketones is 1. The maximum Gasteiger partial charge on any atom is 0.261 e. The highest BCUT2D eigenvalue weighted by Gasteiger charge is 2.26. The monoisotopic (exact) mass is 364 g/mol. The number of Topliss-reactive ketones (excluding diaryl/α,β-unsaturated/α-hetero) is 1. The Morgan fingerprint density at radius 1 is 1.50 bits per heavy atom. The number of carbonyl (C=O) groups excluding carboxylic acids is 1. The molecule has 2 heterocycles. The smallest absolute Gasteiger partial charge is 0.261 e. The third-order valence-corrected chi connectivity index (χ3v) is 6.13. The number of fused-ring (bicyclic) bond motifs is 1. The first-order valence-electron chi connectivity index (χ1n) is 7.92. The van der Waals surface area contributed by atoms with E-state index in [0.717, 1.165) is 24.1 Å². The number of thioether (sulfide) groups is 1. The molecule has 0 radical (unpaired) electrons. The minimum atomic E-state index is -0.444. The summed E-state index contributed by atoms with van der Waals surface area (Å²) in [6, 6.07) is 3.36. The molecule has 0 saturated carbocycles. The molecule has 0 spiro atoms. The zero-order chi connectivity index (χ0) is 17.3. The molecular formula is C16H18BClN2O3S. The number of rotatable bonds is 4. The van der Waals surface area contributed by atoms with Crippen LogP contribution in [0.4, 0.5) is 0 Å². The molecule has 1 aromatic heterocycles. The van der Waals surface area contributed by atoms with Gasteiger partial charge in [0.25, 0.3) is 5.56 Å². The van der Waals surface area contributed by atoms with E-state index in [1.807, 2.05) is 7.85 Å². The molecule has 1 aliphatic heterocycles. The molecule has 0 bridgehead atoms. The van der Waals surface area contributed by atoms with Gasteiger partial charge in [-0.2, -0.15) is 11.8 Å². The van der Waals surface area contributed by atoms with Crippen LogP contribution >= 0.6 is 23.4 Å². The normalized spacial score (nSPS) is 21.1. The Morgan fingerprint density at radius 3 is 3.04 bits per heavy atom. The van der Waals surface area contributed by atoms with E-state index in [2.05, 4.69) is 4.98 Å². The molecular weight excluding hydrogens is 347 g/mol. The molecule has 1 saturated heterocycles. The largest absolute Gasteiger partial charge is 0.392 e. The van der Waals surface area contributed by atoms with Crippen molar-refractivity contribution in [3.8, 4) is 0 Å². The first-order chi connectivity index (χ1) is 11.5. The van der Waals surface area contributed by atoms with Gasteiger partial charge in [0.1, 0.15) is 7.85 Å². The Bertz CT molecular complexity index is 842. The van der Waals surface area contributed by atoms with Crippen molar-refractivity contribution >= 4 is 53.4 Å². The fraction of sp³-hybridized carbons (Fsp3) is 0.438. The molecule has 1 fully saturated rings. The molecule has 0 amide bonds. The van der Waals surface area contributed by atoms with Gasteiger partial charge in [-0.1, -0.05) is 17.1 Å². The van der Waals surface area contributed by atoms with Gasteiger partial charge in [0, 0.05) is 16.7 Å². The molecule has 0 aliphatic carbocycles. The number of carbonyl (C=O) groups is 1. The van der Waals surface area contributed by atoms with Crippen LogP contribution in [0.3, 0.4) is 0 Å². The zero-order valence-corrected chi connectivity index (χ0v) is 14.9. The van der Waals surface area contributed by atoms with E-state index in [4.69, 9.17) is 11.6 Å². The van der Waals surface area contributed by atoms with Crippen molar-refractivity contribution in [2.24, 2.45) is 0 Å². The van der Waals surface area contributed by atoms with Crippen LogP contribution in [0.2, 0.25) is 5.02 Å². The van der Waals surface area contributed by atoms with Crippen LogP contribution in [0.25, 0.3) is 10.9 Å². The summed E-state index contributed by atoms with van der Waals surface area (Å²) < 4.78 is 1.32. The van der Waals surface area contributed by atoms with Gasteiger partial charge >= 0.3 is 0 Å². The Hall–Kier alpha value is -1.31. The lowest BCUT2D eigenvalue weighted by Gasteiger charge is -2.26. The number of hydrogen-bond acceptors (Lipinski definition) is 5. The summed E-state index contributed by atoms with van der Waals surface area (Å²) in [6.45, 7) is -0.0307. The van der Waals surface area contributed by atoms with Gasteiger partial charge < -0.3 is 5.11 Å². The summed E-state index contributed by atoms with van der Waals surface area (Å²) in [5.74, 6) is 0.888. The Balaban J connectivity index is 1.79. The topological polar surface area (TPSA) is 72.2 Å². The van der Waals surface area contributed by atoms with Gasteiger partial charge in [-0.15, -0.1) is 0 Å². The molecule has 2 atom stereocenters. The SMILES string of the molecule is Bc1cc2ncn(CC(=O)CC3SCCCC3O)c(=O)c2cc1Cl. The first kappa shape index (κ1) is 17.5. The second-order valence-corrected chi connectivity index (χ2v) is 7.91. The summed E-state index contributed by atoms with van der Waals surface area (Å²) in [5, 5.41) is 10.8. The van der Waals surface area contributed by atoms with Gasteiger partial charge in [-0.05, 0) is 30.7 Å². The van der Waals surface area contributed by atoms with E-state index >= 15 is 0 Å². The average molecular weight is 365 g/mol. The van der Waals surface area contributed by atoms with Crippen molar-refractivity contribution in [1.82, 2.24) is 9.55 Å². The van der Waals surface area contributed by atoms with E-state index in [0.29, 0.717) is 15.9 Å². The maximum absolute atomic E-state index is 12.5. The Labute approximate surface area is 149 Å². The predicted octanol–water partition coefficient (Wildman–Crippen LogP) is 0.524. The molecule has 8 heteroatoms. The van der Waals surface area contributed by atoms with E-state index in [-0.39, 0.29) is 29.6 Å². The van der Waals surface area contributed by atoms with E-state index in [1.54, 1.807) is 23.9 Å². The van der Waals surface area contributed by atoms with Gasteiger partial charge in [0.05, 0.1) is 29.9 Å². The summed E-state index contributed by atoms with van der Waals surface area (Å²) >= 11 is 7.72. The predicted molar refractivity (Wildman–Crippen MR) is 100 cm³/mol. The van der Waals surface area contributed by atoms with Crippen molar-refractivity contribution in [1.29, 1.82) is 0 Å². The number of aliphatic hydroxyl groups excluding tert-OH is 1. The number of hydrogen-bond donors (Lipinski definition) is 1. The average Bonchev–Trinajstić information content (AvgIpc) is 2.54. The quantitative estimate of drug-likeness (QED) is 0.801.